The van der Waals surface area contributed by atoms with Crippen molar-refractivity contribution in [1.29, 1.82) is 0 Å². The zero-order valence-electron chi connectivity index (χ0n) is 8.97. The molecule has 14 heavy (non-hydrogen) atoms. The molecule has 0 heterocycles. The van der Waals surface area contributed by atoms with E-state index >= 15 is 0 Å². The Labute approximate surface area is 87.7 Å². The second kappa shape index (κ2) is 6.42. The van der Waals surface area contributed by atoms with Crippen LogP contribution in [0.1, 0.15) is 38.5 Å². The summed E-state index contributed by atoms with van der Waals surface area (Å²) < 4.78 is 0. The van der Waals surface area contributed by atoms with E-state index in [-0.39, 0.29) is 0 Å². The van der Waals surface area contributed by atoms with Crippen LogP contribution in [0.4, 0.5) is 0 Å². The van der Waals surface area contributed by atoms with Crippen molar-refractivity contribution in [2.24, 2.45) is 0 Å². The second-order valence-corrected chi connectivity index (χ2v) is 3.71. The first kappa shape index (κ1) is 11.0. The molecule has 0 atom stereocenters. The average molecular weight is 188 g/mol. The summed E-state index contributed by atoms with van der Waals surface area (Å²) in [4.78, 5) is 0. The van der Waals surface area contributed by atoms with E-state index in [1.165, 1.54) is 36.8 Å². The molecule has 1 fully saturated rings. The molecular formula is C14H20. The highest BCUT2D eigenvalue weighted by Crippen LogP contribution is 2.29. The molecule has 1 saturated carbocycles. The van der Waals surface area contributed by atoms with Crippen molar-refractivity contribution in [2.75, 3.05) is 0 Å². The Balaban J connectivity index is 2.67. The van der Waals surface area contributed by atoms with Crippen LogP contribution in [0.5, 0.6) is 0 Å². The predicted octanol–water partition coefficient (Wildman–Crippen LogP) is 4.57. The maximum Gasteiger partial charge on any atom is -0.0166 e. The van der Waals surface area contributed by atoms with Gasteiger partial charge in [-0.05, 0) is 49.7 Å². The van der Waals surface area contributed by atoms with Gasteiger partial charge in [0.25, 0.3) is 0 Å². The fourth-order valence-corrected chi connectivity index (χ4v) is 1.87. The Morgan fingerprint density at radius 1 is 0.857 bits per heavy atom. The van der Waals surface area contributed by atoms with Crippen molar-refractivity contribution in [3.05, 3.63) is 48.6 Å². The van der Waals surface area contributed by atoms with Crippen LogP contribution in [0.15, 0.2) is 48.6 Å². The van der Waals surface area contributed by atoms with Crippen molar-refractivity contribution in [3.8, 4) is 0 Å². The number of rotatable bonds is 4. The van der Waals surface area contributed by atoms with Gasteiger partial charge in [-0.3, -0.25) is 0 Å². The molecule has 1 aliphatic rings. The van der Waals surface area contributed by atoms with Crippen LogP contribution in [-0.4, -0.2) is 0 Å². The van der Waals surface area contributed by atoms with Crippen LogP contribution in [0, 0.1) is 0 Å². The molecular weight excluding hydrogens is 168 g/mol. The highest BCUT2D eigenvalue weighted by atomic mass is 14.1. The first-order valence-corrected chi connectivity index (χ1v) is 5.48. The largest absolute Gasteiger partial charge is 0.103 e. The van der Waals surface area contributed by atoms with Crippen LogP contribution in [-0.2, 0) is 0 Å². The Morgan fingerprint density at radius 2 is 1.29 bits per heavy atom. The van der Waals surface area contributed by atoms with E-state index in [2.05, 4.69) is 25.3 Å². The average Bonchev–Trinajstić information content (AvgIpc) is 2.24. The number of hydrogen-bond donors (Lipinski definition) is 0. The van der Waals surface area contributed by atoms with Crippen LogP contribution in [0.25, 0.3) is 0 Å². The summed E-state index contributed by atoms with van der Waals surface area (Å²) in [5.74, 6) is 0. The van der Waals surface area contributed by atoms with E-state index in [0.29, 0.717) is 0 Å². The van der Waals surface area contributed by atoms with Crippen LogP contribution < -0.4 is 0 Å². The van der Waals surface area contributed by atoms with Crippen molar-refractivity contribution in [2.45, 2.75) is 38.5 Å². The molecule has 0 aliphatic heterocycles. The SMILES string of the molecule is C=CC/C=C1/CCCC/C1=C\CC=C. The number of allylic oxidation sites excluding steroid dienone is 6. The minimum atomic E-state index is 1.00. The van der Waals surface area contributed by atoms with Crippen molar-refractivity contribution >= 4 is 0 Å². The molecule has 0 unspecified atom stereocenters. The fraction of sp³-hybridized carbons (Fsp3) is 0.429. The summed E-state index contributed by atoms with van der Waals surface area (Å²) in [6.07, 6.45) is 15.7. The molecule has 0 bridgehead atoms. The van der Waals surface area contributed by atoms with E-state index in [4.69, 9.17) is 0 Å². The van der Waals surface area contributed by atoms with Gasteiger partial charge < -0.3 is 0 Å². The summed E-state index contributed by atoms with van der Waals surface area (Å²) in [6.45, 7) is 7.50. The third-order valence-electron chi connectivity index (χ3n) is 2.62. The normalized spacial score (nSPS) is 22.6. The van der Waals surface area contributed by atoms with E-state index in [1.807, 2.05) is 12.2 Å². The molecule has 0 nitrogen and oxygen atoms in total. The Bertz CT molecular complexity index is 225. The maximum atomic E-state index is 3.75. The summed E-state index contributed by atoms with van der Waals surface area (Å²) in [5.41, 5.74) is 3.08. The van der Waals surface area contributed by atoms with E-state index in [1.54, 1.807) is 0 Å². The van der Waals surface area contributed by atoms with Crippen molar-refractivity contribution < 1.29 is 0 Å². The lowest BCUT2D eigenvalue weighted by molar-refractivity contribution is 0.675. The second-order valence-electron chi connectivity index (χ2n) is 3.71. The van der Waals surface area contributed by atoms with Gasteiger partial charge in [0.05, 0.1) is 0 Å². The molecule has 0 aromatic heterocycles. The lowest BCUT2D eigenvalue weighted by atomic mass is 9.88. The van der Waals surface area contributed by atoms with Gasteiger partial charge in [0, 0.05) is 0 Å². The standard InChI is InChI=1S/C14H20/c1-3-5-9-13-11-7-8-12-14(13)10-6-4-2/h3-4,9-10H,1-2,5-8,11-12H2/b13-9-,14-10+. The van der Waals surface area contributed by atoms with Gasteiger partial charge in [0.15, 0.2) is 0 Å². The topological polar surface area (TPSA) is 0 Å². The summed E-state index contributed by atoms with van der Waals surface area (Å²) in [6, 6.07) is 0. The lowest BCUT2D eigenvalue weighted by Gasteiger charge is -2.18. The monoisotopic (exact) mass is 188 g/mol. The van der Waals surface area contributed by atoms with Gasteiger partial charge in [-0.25, -0.2) is 0 Å². The molecule has 0 aromatic carbocycles. The molecule has 1 rings (SSSR count). The van der Waals surface area contributed by atoms with Gasteiger partial charge >= 0.3 is 0 Å². The Morgan fingerprint density at radius 3 is 1.64 bits per heavy atom. The lowest BCUT2D eigenvalue weighted by Crippen LogP contribution is -1.98. The van der Waals surface area contributed by atoms with E-state index in [9.17, 15) is 0 Å². The highest BCUT2D eigenvalue weighted by molar-refractivity contribution is 5.33. The Hall–Kier alpha value is -1.04. The smallest absolute Gasteiger partial charge is 0.0166 e. The first-order valence-electron chi connectivity index (χ1n) is 5.48. The quantitative estimate of drug-likeness (QED) is 0.567. The molecule has 0 heteroatoms. The first-order chi connectivity index (χ1) is 6.88. The van der Waals surface area contributed by atoms with Gasteiger partial charge in [-0.1, -0.05) is 24.3 Å². The molecule has 76 valence electrons. The third-order valence-corrected chi connectivity index (χ3v) is 2.62. The minimum absolute atomic E-state index is 1.00. The summed E-state index contributed by atoms with van der Waals surface area (Å²) in [5, 5.41) is 0. The predicted molar refractivity (Wildman–Crippen MR) is 64.3 cm³/mol. The van der Waals surface area contributed by atoms with Crippen LogP contribution >= 0.6 is 0 Å². The van der Waals surface area contributed by atoms with Crippen LogP contribution in [0.2, 0.25) is 0 Å². The van der Waals surface area contributed by atoms with Crippen molar-refractivity contribution in [3.63, 3.8) is 0 Å². The molecule has 0 saturated heterocycles. The molecule has 0 spiro atoms. The molecule has 0 amide bonds. The Kier molecular flexibility index (Phi) is 5.06. The molecule has 0 radical (unpaired) electrons. The van der Waals surface area contributed by atoms with Gasteiger partial charge in [-0.2, -0.15) is 0 Å². The minimum Gasteiger partial charge on any atom is -0.103 e. The fourth-order valence-electron chi connectivity index (χ4n) is 1.87. The van der Waals surface area contributed by atoms with Crippen LogP contribution in [0.3, 0.4) is 0 Å². The zero-order chi connectivity index (χ0) is 10.2. The van der Waals surface area contributed by atoms with E-state index in [0.717, 1.165) is 12.8 Å². The molecule has 0 N–H and O–H groups in total. The zero-order valence-corrected chi connectivity index (χ0v) is 8.97. The van der Waals surface area contributed by atoms with Gasteiger partial charge in [0.1, 0.15) is 0 Å². The van der Waals surface area contributed by atoms with Gasteiger partial charge in [-0.15, -0.1) is 13.2 Å². The van der Waals surface area contributed by atoms with Gasteiger partial charge in [0.2, 0.25) is 0 Å². The summed E-state index contributed by atoms with van der Waals surface area (Å²) >= 11 is 0. The molecule has 0 aromatic rings. The third kappa shape index (κ3) is 3.37. The highest BCUT2D eigenvalue weighted by Gasteiger charge is 2.09. The number of hydrogen-bond acceptors (Lipinski definition) is 0. The maximum absolute atomic E-state index is 3.75. The van der Waals surface area contributed by atoms with E-state index < -0.39 is 0 Å². The van der Waals surface area contributed by atoms with Crippen molar-refractivity contribution in [1.82, 2.24) is 0 Å². The molecule has 1 aliphatic carbocycles. The summed E-state index contributed by atoms with van der Waals surface area (Å²) in [7, 11) is 0.